The lowest BCUT2D eigenvalue weighted by Crippen LogP contribution is -2.51. The summed E-state index contributed by atoms with van der Waals surface area (Å²) in [4.78, 5) is 16.6. The van der Waals surface area contributed by atoms with Crippen LogP contribution >= 0.6 is 0 Å². The molecule has 0 aliphatic rings. The number of rotatable bonds is 3. The van der Waals surface area contributed by atoms with Crippen LogP contribution in [0.4, 0.5) is 0 Å². The molecule has 2 heterocycles. The number of hydrogen-bond acceptors (Lipinski definition) is 4. The molecule has 2 aromatic rings. The van der Waals surface area contributed by atoms with E-state index in [1.54, 1.807) is 31.5 Å². The van der Waals surface area contributed by atoms with Gasteiger partial charge in [0.25, 0.3) is 5.91 Å². The average molecular weight is 276 g/mol. The van der Waals surface area contributed by atoms with E-state index in [1.165, 1.54) is 0 Å². The van der Waals surface area contributed by atoms with Gasteiger partial charge >= 0.3 is 0 Å². The van der Waals surface area contributed by atoms with Crippen LogP contribution in [0, 0.1) is 13.8 Å². The van der Waals surface area contributed by atoms with Gasteiger partial charge in [-0.3, -0.25) is 4.79 Å². The van der Waals surface area contributed by atoms with E-state index in [4.69, 9.17) is 0 Å². The van der Waals surface area contributed by atoms with E-state index >= 15 is 0 Å². The van der Waals surface area contributed by atoms with Crippen molar-refractivity contribution >= 4 is 11.6 Å². The lowest BCUT2D eigenvalue weighted by Gasteiger charge is -2.29. The number of aromatic nitrogens is 3. The summed E-state index contributed by atoms with van der Waals surface area (Å²) in [5, 5.41) is 16.8. The van der Waals surface area contributed by atoms with E-state index in [2.05, 4.69) is 15.4 Å². The first-order valence-corrected chi connectivity index (χ1v) is 6.55. The van der Waals surface area contributed by atoms with Gasteiger partial charge in [0.15, 0.2) is 5.65 Å². The van der Waals surface area contributed by atoms with Crippen LogP contribution in [-0.4, -0.2) is 37.3 Å². The first-order valence-electron chi connectivity index (χ1n) is 6.55. The zero-order chi connectivity index (χ0) is 15.1. The largest absolute Gasteiger partial charge is 0.391 e. The second-order valence-electron chi connectivity index (χ2n) is 5.66. The van der Waals surface area contributed by atoms with E-state index in [0.717, 1.165) is 11.4 Å². The fraction of sp³-hybridized carbons (Fsp3) is 0.500. The van der Waals surface area contributed by atoms with Gasteiger partial charge in [0.2, 0.25) is 0 Å². The van der Waals surface area contributed by atoms with Gasteiger partial charge in [0.05, 0.1) is 28.6 Å². The highest BCUT2D eigenvalue weighted by atomic mass is 16.3. The van der Waals surface area contributed by atoms with Crippen LogP contribution in [0.2, 0.25) is 0 Å². The van der Waals surface area contributed by atoms with Crippen LogP contribution in [0.25, 0.3) is 5.65 Å². The third-order valence-electron chi connectivity index (χ3n) is 3.57. The molecule has 0 aliphatic heterocycles. The Kier molecular flexibility index (Phi) is 3.52. The van der Waals surface area contributed by atoms with Gasteiger partial charge in [0.1, 0.15) is 0 Å². The number of amides is 1. The van der Waals surface area contributed by atoms with Gasteiger partial charge in [-0.05, 0) is 34.6 Å². The summed E-state index contributed by atoms with van der Waals surface area (Å²) in [5.41, 5.74) is 2.03. The maximum atomic E-state index is 12.3. The smallest absolute Gasteiger partial charge is 0.255 e. The number of nitrogens with one attached hydrogen (secondary N) is 1. The van der Waals surface area contributed by atoms with Crippen LogP contribution in [0.15, 0.2) is 12.3 Å². The minimum Gasteiger partial charge on any atom is -0.391 e. The number of fused-ring (bicyclic) bond motifs is 1. The first-order chi connectivity index (χ1) is 9.22. The third-order valence-corrected chi connectivity index (χ3v) is 3.57. The molecule has 0 bridgehead atoms. The predicted octanol–water partition coefficient (Wildman–Crippen LogP) is 1.24. The minimum absolute atomic E-state index is 0.268. The summed E-state index contributed by atoms with van der Waals surface area (Å²) in [5.74, 6) is -0.268. The van der Waals surface area contributed by atoms with Crippen molar-refractivity contribution in [1.29, 1.82) is 0 Å². The zero-order valence-electron chi connectivity index (χ0n) is 12.4. The average Bonchev–Trinajstić information content (AvgIpc) is 2.70. The first kappa shape index (κ1) is 14.5. The molecule has 0 radical (unpaired) electrons. The molecule has 0 aliphatic carbocycles. The predicted molar refractivity (Wildman–Crippen MR) is 75.7 cm³/mol. The van der Waals surface area contributed by atoms with Crippen LogP contribution in [0.1, 0.15) is 42.5 Å². The van der Waals surface area contributed by atoms with Gasteiger partial charge in [-0.15, -0.1) is 0 Å². The van der Waals surface area contributed by atoms with Crippen molar-refractivity contribution < 1.29 is 9.90 Å². The SMILES string of the molecule is Cc1cc2ncc(C(=O)NC(C)(C)C(C)O)c(C)n2n1. The molecule has 1 atom stereocenters. The highest BCUT2D eigenvalue weighted by molar-refractivity contribution is 5.95. The normalized spacial score (nSPS) is 13.5. The van der Waals surface area contributed by atoms with Crippen molar-refractivity contribution in [2.24, 2.45) is 0 Å². The highest BCUT2D eigenvalue weighted by Crippen LogP contribution is 2.14. The number of carbonyl (C=O) groups excluding carboxylic acids is 1. The fourth-order valence-corrected chi connectivity index (χ4v) is 1.85. The number of nitrogens with zero attached hydrogens (tertiary/aromatic N) is 3. The Morgan fingerprint density at radius 3 is 2.70 bits per heavy atom. The summed E-state index contributed by atoms with van der Waals surface area (Å²) < 4.78 is 1.65. The maximum Gasteiger partial charge on any atom is 0.255 e. The Hall–Kier alpha value is -1.95. The summed E-state index contributed by atoms with van der Waals surface area (Å²) in [6.45, 7) is 8.89. The molecule has 1 amide bonds. The monoisotopic (exact) mass is 276 g/mol. The lowest BCUT2D eigenvalue weighted by molar-refractivity contribution is 0.0708. The van der Waals surface area contributed by atoms with Crippen molar-refractivity contribution in [2.75, 3.05) is 0 Å². The van der Waals surface area contributed by atoms with Crippen LogP contribution in [-0.2, 0) is 0 Å². The third kappa shape index (κ3) is 2.51. The number of hydrogen-bond donors (Lipinski definition) is 2. The molecule has 108 valence electrons. The van der Waals surface area contributed by atoms with Crippen molar-refractivity contribution in [1.82, 2.24) is 19.9 Å². The molecular formula is C14H20N4O2. The summed E-state index contributed by atoms with van der Waals surface area (Å²) in [7, 11) is 0. The van der Waals surface area contributed by atoms with Crippen molar-refractivity contribution in [2.45, 2.75) is 46.3 Å². The molecule has 0 spiro atoms. The second kappa shape index (κ2) is 4.86. The fourth-order valence-electron chi connectivity index (χ4n) is 1.85. The van der Waals surface area contributed by atoms with Gasteiger partial charge in [-0.2, -0.15) is 5.10 Å². The standard InChI is InChI=1S/C14H20N4O2/c1-8-6-12-15-7-11(9(2)18(12)17-8)13(20)16-14(4,5)10(3)19/h6-7,10,19H,1-5H3,(H,16,20). The summed E-state index contributed by atoms with van der Waals surface area (Å²) in [6.07, 6.45) is 0.884. The van der Waals surface area contributed by atoms with E-state index in [-0.39, 0.29) is 5.91 Å². The Balaban J connectivity index is 2.38. The highest BCUT2D eigenvalue weighted by Gasteiger charge is 2.27. The van der Waals surface area contributed by atoms with Crippen molar-refractivity contribution in [3.8, 4) is 0 Å². The van der Waals surface area contributed by atoms with E-state index in [1.807, 2.05) is 19.9 Å². The molecule has 2 N–H and O–H groups in total. The molecular weight excluding hydrogens is 256 g/mol. The number of aryl methyl sites for hydroxylation is 2. The number of aliphatic hydroxyl groups excluding tert-OH is 1. The van der Waals surface area contributed by atoms with Gasteiger partial charge < -0.3 is 10.4 Å². The minimum atomic E-state index is -0.710. The molecule has 0 saturated heterocycles. The van der Waals surface area contributed by atoms with E-state index in [0.29, 0.717) is 11.2 Å². The Labute approximate surface area is 117 Å². The van der Waals surface area contributed by atoms with E-state index < -0.39 is 11.6 Å². The molecule has 20 heavy (non-hydrogen) atoms. The van der Waals surface area contributed by atoms with Crippen LogP contribution in [0.3, 0.4) is 0 Å². The van der Waals surface area contributed by atoms with Gasteiger partial charge in [-0.25, -0.2) is 9.50 Å². The quantitative estimate of drug-likeness (QED) is 0.884. The maximum absolute atomic E-state index is 12.3. The van der Waals surface area contributed by atoms with Gasteiger partial charge in [-0.1, -0.05) is 0 Å². The van der Waals surface area contributed by atoms with Gasteiger partial charge in [0, 0.05) is 12.3 Å². The summed E-state index contributed by atoms with van der Waals surface area (Å²) in [6, 6.07) is 1.86. The Bertz CT molecular complexity index is 658. The number of carbonyl (C=O) groups is 1. The molecule has 1 unspecified atom stereocenters. The molecule has 2 rings (SSSR count). The Morgan fingerprint density at radius 2 is 2.10 bits per heavy atom. The Morgan fingerprint density at radius 1 is 1.45 bits per heavy atom. The van der Waals surface area contributed by atoms with Crippen molar-refractivity contribution in [3.63, 3.8) is 0 Å². The second-order valence-corrected chi connectivity index (χ2v) is 5.66. The summed E-state index contributed by atoms with van der Waals surface area (Å²) >= 11 is 0. The lowest BCUT2D eigenvalue weighted by atomic mass is 9.98. The number of aliphatic hydroxyl groups is 1. The molecule has 0 fully saturated rings. The zero-order valence-corrected chi connectivity index (χ0v) is 12.4. The molecule has 6 nitrogen and oxygen atoms in total. The molecule has 6 heteroatoms. The topological polar surface area (TPSA) is 79.5 Å². The molecule has 2 aromatic heterocycles. The van der Waals surface area contributed by atoms with Crippen molar-refractivity contribution in [3.05, 3.63) is 29.2 Å². The van der Waals surface area contributed by atoms with Crippen LogP contribution in [0.5, 0.6) is 0 Å². The van der Waals surface area contributed by atoms with E-state index in [9.17, 15) is 9.90 Å². The molecule has 0 saturated carbocycles. The van der Waals surface area contributed by atoms with Crippen LogP contribution < -0.4 is 5.32 Å². The molecule has 0 aromatic carbocycles.